The van der Waals surface area contributed by atoms with Gasteiger partial charge in [0.1, 0.15) is 0 Å². The molecular formula is C24H28ClN3O2S2. The number of hydrogen-bond donors (Lipinski definition) is 0. The molecule has 0 atom stereocenters. The van der Waals surface area contributed by atoms with Crippen LogP contribution in [0.1, 0.15) is 18.9 Å². The average Bonchev–Trinajstić information content (AvgIpc) is 3.25. The third-order valence-corrected chi connectivity index (χ3v) is 7.86. The summed E-state index contributed by atoms with van der Waals surface area (Å²) in [4.78, 5) is 23.6. The van der Waals surface area contributed by atoms with Crippen molar-refractivity contribution in [3.8, 4) is 0 Å². The number of carbonyl (C=O) groups excluding carboxylic acids is 1. The average molecular weight is 490 g/mol. The van der Waals surface area contributed by atoms with Crippen molar-refractivity contribution in [3.63, 3.8) is 0 Å². The molecule has 1 aromatic heterocycles. The standard InChI is InChI=1S/C24H28ClN3O2S2/c1-2-18-4-3-5-21-23(18)26-24(32-21)28(12-11-27-13-15-30-16-14-27)22(29)10-17-31-20-8-6-19(25)7-9-20/h3-9H,2,10-17H2,1H3. The van der Waals surface area contributed by atoms with Gasteiger partial charge in [0.25, 0.3) is 0 Å². The van der Waals surface area contributed by atoms with Gasteiger partial charge in [-0.2, -0.15) is 0 Å². The summed E-state index contributed by atoms with van der Waals surface area (Å²) in [5, 5.41) is 1.53. The molecule has 1 aliphatic heterocycles. The summed E-state index contributed by atoms with van der Waals surface area (Å²) < 4.78 is 6.60. The maximum atomic E-state index is 13.3. The van der Waals surface area contributed by atoms with Crippen LogP contribution in [0, 0.1) is 0 Å². The second kappa shape index (κ2) is 11.5. The summed E-state index contributed by atoms with van der Waals surface area (Å²) in [7, 11) is 0. The Kier molecular flexibility index (Phi) is 8.43. The molecule has 0 unspecified atom stereocenters. The highest BCUT2D eigenvalue weighted by atomic mass is 35.5. The first-order valence-corrected chi connectivity index (χ1v) is 13.2. The molecule has 2 heterocycles. The van der Waals surface area contributed by atoms with Gasteiger partial charge >= 0.3 is 0 Å². The molecule has 3 aromatic rings. The number of aryl methyl sites for hydroxylation is 1. The molecule has 0 aliphatic carbocycles. The van der Waals surface area contributed by atoms with E-state index in [9.17, 15) is 4.79 Å². The van der Waals surface area contributed by atoms with Gasteiger partial charge in [-0.3, -0.25) is 14.6 Å². The third-order valence-electron chi connectivity index (χ3n) is 5.55. The van der Waals surface area contributed by atoms with Gasteiger partial charge in [0.2, 0.25) is 5.91 Å². The Morgan fingerprint density at radius 2 is 2.00 bits per heavy atom. The van der Waals surface area contributed by atoms with Crippen molar-refractivity contribution in [3.05, 3.63) is 53.1 Å². The zero-order valence-corrected chi connectivity index (χ0v) is 20.6. The first kappa shape index (κ1) is 23.5. The van der Waals surface area contributed by atoms with Crippen LogP contribution in [-0.2, 0) is 16.0 Å². The van der Waals surface area contributed by atoms with Crippen molar-refractivity contribution >= 4 is 56.0 Å². The minimum absolute atomic E-state index is 0.122. The summed E-state index contributed by atoms with van der Waals surface area (Å²) in [6.45, 7) is 6.95. The second-order valence-electron chi connectivity index (χ2n) is 7.67. The van der Waals surface area contributed by atoms with Gasteiger partial charge < -0.3 is 4.74 Å². The molecule has 8 heteroatoms. The summed E-state index contributed by atoms with van der Waals surface area (Å²) in [5.41, 5.74) is 2.25. The number of carbonyl (C=O) groups is 1. The molecule has 0 spiro atoms. The first-order chi connectivity index (χ1) is 15.6. The first-order valence-electron chi connectivity index (χ1n) is 11.0. The number of halogens is 1. The number of thioether (sulfide) groups is 1. The number of rotatable bonds is 9. The van der Waals surface area contributed by atoms with Crippen LogP contribution >= 0.6 is 34.7 Å². The number of para-hydroxylation sites is 1. The lowest BCUT2D eigenvalue weighted by Crippen LogP contribution is -2.43. The molecule has 0 N–H and O–H groups in total. The van der Waals surface area contributed by atoms with E-state index in [0.29, 0.717) is 13.0 Å². The molecule has 1 aliphatic rings. The zero-order valence-electron chi connectivity index (χ0n) is 18.3. The van der Waals surface area contributed by atoms with Gasteiger partial charge in [0.05, 0.1) is 23.4 Å². The lowest BCUT2D eigenvalue weighted by molar-refractivity contribution is -0.118. The Labute approximate surface area is 202 Å². The van der Waals surface area contributed by atoms with E-state index in [-0.39, 0.29) is 5.91 Å². The number of anilines is 1. The summed E-state index contributed by atoms with van der Waals surface area (Å²) in [6.07, 6.45) is 1.40. The summed E-state index contributed by atoms with van der Waals surface area (Å²) >= 11 is 9.26. The molecule has 0 radical (unpaired) electrons. The van der Waals surface area contributed by atoms with Crippen molar-refractivity contribution < 1.29 is 9.53 Å². The molecule has 1 saturated heterocycles. The zero-order chi connectivity index (χ0) is 22.3. The number of hydrogen-bond acceptors (Lipinski definition) is 6. The van der Waals surface area contributed by atoms with Crippen LogP contribution in [0.3, 0.4) is 0 Å². The SMILES string of the molecule is CCc1cccc2sc(N(CCN3CCOCC3)C(=O)CCSc3ccc(Cl)cc3)nc12. The van der Waals surface area contributed by atoms with Gasteiger partial charge in [-0.15, -0.1) is 11.8 Å². The maximum absolute atomic E-state index is 13.3. The van der Waals surface area contributed by atoms with Gasteiger partial charge in [-0.25, -0.2) is 4.98 Å². The van der Waals surface area contributed by atoms with Crippen molar-refractivity contribution in [1.82, 2.24) is 9.88 Å². The number of amides is 1. The quantitative estimate of drug-likeness (QED) is 0.378. The highest BCUT2D eigenvalue weighted by Gasteiger charge is 2.22. The molecular weight excluding hydrogens is 462 g/mol. The molecule has 4 rings (SSSR count). The molecule has 1 amide bonds. The Hall–Kier alpha value is -1.64. The maximum Gasteiger partial charge on any atom is 0.229 e. The predicted octanol–water partition coefficient (Wildman–Crippen LogP) is 5.36. The van der Waals surface area contributed by atoms with Gasteiger partial charge in [-0.1, -0.05) is 42.0 Å². The lowest BCUT2D eigenvalue weighted by atomic mass is 10.1. The minimum atomic E-state index is 0.122. The van der Waals surface area contributed by atoms with Crippen LogP contribution in [0.2, 0.25) is 5.02 Å². The number of aromatic nitrogens is 1. The molecule has 5 nitrogen and oxygen atoms in total. The summed E-state index contributed by atoms with van der Waals surface area (Å²) in [6, 6.07) is 14.0. The Morgan fingerprint density at radius 3 is 2.75 bits per heavy atom. The number of benzene rings is 2. The van der Waals surface area contributed by atoms with E-state index in [2.05, 4.69) is 30.0 Å². The number of thiazole rings is 1. The van der Waals surface area contributed by atoms with Crippen molar-refractivity contribution in [1.29, 1.82) is 0 Å². The third kappa shape index (κ3) is 6.02. The Morgan fingerprint density at radius 1 is 1.22 bits per heavy atom. The number of morpholine rings is 1. The van der Waals surface area contributed by atoms with E-state index >= 15 is 0 Å². The molecule has 0 saturated carbocycles. The van der Waals surface area contributed by atoms with Crippen LogP contribution in [0.4, 0.5) is 5.13 Å². The largest absolute Gasteiger partial charge is 0.379 e. The molecule has 0 bridgehead atoms. The fourth-order valence-electron chi connectivity index (χ4n) is 3.71. The van der Waals surface area contributed by atoms with E-state index < -0.39 is 0 Å². The molecule has 32 heavy (non-hydrogen) atoms. The van der Waals surface area contributed by atoms with E-state index in [0.717, 1.165) is 70.3 Å². The van der Waals surface area contributed by atoms with Crippen LogP contribution in [0.25, 0.3) is 10.2 Å². The lowest BCUT2D eigenvalue weighted by Gasteiger charge is -2.29. The van der Waals surface area contributed by atoms with E-state index in [1.54, 1.807) is 23.1 Å². The number of nitrogens with zero attached hydrogens (tertiary/aromatic N) is 3. The minimum Gasteiger partial charge on any atom is -0.379 e. The van der Waals surface area contributed by atoms with Crippen molar-refractivity contribution in [2.45, 2.75) is 24.7 Å². The highest BCUT2D eigenvalue weighted by Crippen LogP contribution is 2.32. The van der Waals surface area contributed by atoms with Crippen LogP contribution < -0.4 is 4.90 Å². The summed E-state index contributed by atoms with van der Waals surface area (Å²) in [5.74, 6) is 0.844. The van der Waals surface area contributed by atoms with Crippen molar-refractivity contribution in [2.75, 3.05) is 50.0 Å². The van der Waals surface area contributed by atoms with Crippen LogP contribution in [0.5, 0.6) is 0 Å². The van der Waals surface area contributed by atoms with Gasteiger partial charge in [-0.05, 0) is 42.3 Å². The van der Waals surface area contributed by atoms with E-state index in [1.165, 1.54) is 5.56 Å². The molecule has 2 aromatic carbocycles. The number of fused-ring (bicyclic) bond motifs is 1. The number of ether oxygens (including phenoxy) is 1. The second-order valence-corrected chi connectivity index (χ2v) is 10.3. The molecule has 170 valence electrons. The molecule has 1 fully saturated rings. The predicted molar refractivity (Wildman–Crippen MR) is 135 cm³/mol. The van der Waals surface area contributed by atoms with Crippen molar-refractivity contribution in [2.24, 2.45) is 0 Å². The smallest absolute Gasteiger partial charge is 0.229 e. The highest BCUT2D eigenvalue weighted by molar-refractivity contribution is 7.99. The van der Waals surface area contributed by atoms with E-state index in [4.69, 9.17) is 21.3 Å². The fraction of sp³-hybridized carbons (Fsp3) is 0.417. The monoisotopic (exact) mass is 489 g/mol. The van der Waals surface area contributed by atoms with E-state index in [1.807, 2.05) is 29.2 Å². The normalized spacial score (nSPS) is 14.7. The fourth-order valence-corrected chi connectivity index (χ4v) is 5.73. The topological polar surface area (TPSA) is 45.7 Å². The van der Waals surface area contributed by atoms with Crippen LogP contribution in [-0.4, -0.2) is 60.9 Å². The van der Waals surface area contributed by atoms with Gasteiger partial charge in [0.15, 0.2) is 5.13 Å². The Bertz CT molecular complexity index is 1040. The van der Waals surface area contributed by atoms with Gasteiger partial charge in [0, 0.05) is 48.3 Å². The van der Waals surface area contributed by atoms with Crippen LogP contribution in [0.15, 0.2) is 47.4 Å². The Balaban J connectivity index is 1.47.